The minimum absolute atomic E-state index is 0.0186. The zero-order chi connectivity index (χ0) is 17.4. The third-order valence-electron chi connectivity index (χ3n) is 4.51. The number of amides is 1. The molecule has 24 heavy (non-hydrogen) atoms. The maximum atomic E-state index is 13.6. The van der Waals surface area contributed by atoms with Crippen molar-refractivity contribution in [2.24, 2.45) is 5.92 Å². The van der Waals surface area contributed by atoms with Crippen LogP contribution in [0.3, 0.4) is 0 Å². The van der Waals surface area contributed by atoms with E-state index in [1.165, 1.54) is 12.1 Å². The van der Waals surface area contributed by atoms with Crippen molar-refractivity contribution in [1.82, 2.24) is 14.8 Å². The first-order chi connectivity index (χ1) is 11.4. The van der Waals surface area contributed by atoms with E-state index in [4.69, 9.17) is 0 Å². The van der Waals surface area contributed by atoms with E-state index in [9.17, 15) is 14.3 Å². The molecule has 7 heteroatoms. The van der Waals surface area contributed by atoms with E-state index < -0.39 is 5.82 Å². The Bertz CT molecular complexity index is 772. The standard InChI is InChI=1S/C17H21FN4O2/c1-9(2)16(24)20-17-19-15-7-5-12(10(3)22(15)21-17)11-4-6-14(23)13(18)8-11/h4,6,8-10,12,23H,5,7H2,1-3H3,(H,20,21,24). The molecule has 6 nitrogen and oxygen atoms in total. The smallest absolute Gasteiger partial charge is 0.248 e. The predicted octanol–water partition coefficient (Wildman–Crippen LogP) is 3.01. The minimum Gasteiger partial charge on any atom is -0.505 e. The molecule has 1 aromatic carbocycles. The van der Waals surface area contributed by atoms with Gasteiger partial charge in [0, 0.05) is 18.3 Å². The minimum atomic E-state index is -0.617. The van der Waals surface area contributed by atoms with Crippen LogP contribution in [0.2, 0.25) is 0 Å². The van der Waals surface area contributed by atoms with Crippen molar-refractivity contribution in [2.45, 2.75) is 45.6 Å². The van der Waals surface area contributed by atoms with Gasteiger partial charge in [-0.15, -0.1) is 5.10 Å². The first-order valence-corrected chi connectivity index (χ1v) is 8.11. The fourth-order valence-electron chi connectivity index (χ4n) is 3.05. The normalized spacial score (nSPS) is 20.0. The number of carbonyl (C=O) groups is 1. The molecule has 3 rings (SSSR count). The molecule has 0 saturated carbocycles. The molecular weight excluding hydrogens is 311 g/mol. The molecule has 2 N–H and O–H groups in total. The fraction of sp³-hybridized carbons (Fsp3) is 0.471. The van der Waals surface area contributed by atoms with Crippen molar-refractivity contribution in [3.8, 4) is 5.75 Å². The van der Waals surface area contributed by atoms with Crippen molar-refractivity contribution in [1.29, 1.82) is 0 Å². The highest BCUT2D eigenvalue weighted by Gasteiger charge is 2.30. The van der Waals surface area contributed by atoms with Crippen LogP contribution in [-0.4, -0.2) is 25.8 Å². The second-order valence-electron chi connectivity index (χ2n) is 6.54. The maximum Gasteiger partial charge on any atom is 0.248 e. The van der Waals surface area contributed by atoms with Gasteiger partial charge in [0.2, 0.25) is 11.9 Å². The number of anilines is 1. The summed E-state index contributed by atoms with van der Waals surface area (Å²) in [4.78, 5) is 16.2. The Labute approximate surface area is 139 Å². The number of halogens is 1. The average Bonchev–Trinajstić information content (AvgIpc) is 2.94. The van der Waals surface area contributed by atoms with Crippen LogP contribution < -0.4 is 5.32 Å². The molecule has 2 aromatic rings. The second kappa shape index (κ2) is 6.22. The number of phenols is 1. The largest absolute Gasteiger partial charge is 0.505 e. The summed E-state index contributed by atoms with van der Waals surface area (Å²) in [5, 5.41) is 16.5. The molecule has 1 amide bonds. The van der Waals surface area contributed by atoms with Crippen LogP contribution in [0.15, 0.2) is 18.2 Å². The lowest BCUT2D eigenvalue weighted by Crippen LogP contribution is -2.24. The number of carbonyl (C=O) groups excluding carboxylic acids is 1. The molecule has 1 aromatic heterocycles. The molecule has 1 aliphatic rings. The van der Waals surface area contributed by atoms with Gasteiger partial charge in [0.25, 0.3) is 0 Å². The summed E-state index contributed by atoms with van der Waals surface area (Å²) in [7, 11) is 0. The Morgan fingerprint density at radius 1 is 1.46 bits per heavy atom. The van der Waals surface area contributed by atoms with Crippen LogP contribution in [0.5, 0.6) is 5.75 Å². The van der Waals surface area contributed by atoms with Crippen molar-refractivity contribution >= 4 is 11.9 Å². The van der Waals surface area contributed by atoms with Crippen LogP contribution >= 0.6 is 0 Å². The number of benzene rings is 1. The molecule has 2 heterocycles. The first kappa shape index (κ1) is 16.4. The van der Waals surface area contributed by atoms with Gasteiger partial charge in [-0.25, -0.2) is 9.07 Å². The Balaban J connectivity index is 1.84. The SMILES string of the molecule is CC(C)C(=O)Nc1nc2n(n1)C(C)C(c1ccc(O)c(F)c1)CC2. The van der Waals surface area contributed by atoms with Crippen LogP contribution in [0.1, 0.15) is 50.5 Å². The zero-order valence-corrected chi connectivity index (χ0v) is 14.0. The quantitative estimate of drug-likeness (QED) is 0.905. The summed E-state index contributed by atoms with van der Waals surface area (Å²) in [5.41, 5.74) is 0.826. The molecule has 0 saturated heterocycles. The molecule has 0 spiro atoms. The Morgan fingerprint density at radius 2 is 2.21 bits per heavy atom. The monoisotopic (exact) mass is 332 g/mol. The van der Waals surface area contributed by atoms with Crippen LogP contribution in [0.25, 0.3) is 0 Å². The van der Waals surface area contributed by atoms with Crippen molar-refractivity contribution in [2.75, 3.05) is 5.32 Å². The van der Waals surface area contributed by atoms with Gasteiger partial charge in [-0.2, -0.15) is 4.98 Å². The maximum absolute atomic E-state index is 13.6. The lowest BCUT2D eigenvalue weighted by Gasteiger charge is -2.29. The molecular formula is C17H21FN4O2. The fourth-order valence-corrected chi connectivity index (χ4v) is 3.05. The zero-order valence-electron chi connectivity index (χ0n) is 14.0. The summed E-state index contributed by atoms with van der Waals surface area (Å²) < 4.78 is 15.4. The van der Waals surface area contributed by atoms with Crippen molar-refractivity contribution in [3.63, 3.8) is 0 Å². The predicted molar refractivity (Wildman–Crippen MR) is 87.3 cm³/mol. The summed E-state index contributed by atoms with van der Waals surface area (Å²) in [6.45, 7) is 5.62. The van der Waals surface area contributed by atoms with Crippen LogP contribution in [0, 0.1) is 11.7 Å². The first-order valence-electron chi connectivity index (χ1n) is 8.11. The number of nitrogens with zero attached hydrogens (tertiary/aromatic N) is 3. The lowest BCUT2D eigenvalue weighted by atomic mass is 9.86. The van der Waals surface area contributed by atoms with Gasteiger partial charge in [-0.1, -0.05) is 19.9 Å². The van der Waals surface area contributed by atoms with Gasteiger partial charge < -0.3 is 5.11 Å². The molecule has 128 valence electrons. The van der Waals surface area contributed by atoms with Crippen molar-refractivity contribution in [3.05, 3.63) is 35.4 Å². The molecule has 2 unspecified atom stereocenters. The number of hydrogen-bond acceptors (Lipinski definition) is 4. The van der Waals surface area contributed by atoms with Gasteiger partial charge in [-0.3, -0.25) is 10.1 Å². The number of nitrogens with one attached hydrogen (secondary N) is 1. The number of phenolic OH excluding ortho intramolecular Hbond substituents is 1. The van der Waals surface area contributed by atoms with E-state index in [1.54, 1.807) is 10.7 Å². The number of fused-ring (bicyclic) bond motifs is 1. The molecule has 0 bridgehead atoms. The van der Waals surface area contributed by atoms with E-state index >= 15 is 0 Å². The molecule has 0 radical (unpaired) electrons. The van der Waals surface area contributed by atoms with Crippen molar-refractivity contribution < 1.29 is 14.3 Å². The van der Waals surface area contributed by atoms with E-state index in [0.717, 1.165) is 17.8 Å². The van der Waals surface area contributed by atoms with E-state index in [-0.39, 0.29) is 29.5 Å². The Kier molecular flexibility index (Phi) is 4.26. The van der Waals surface area contributed by atoms with E-state index in [1.807, 2.05) is 20.8 Å². The lowest BCUT2D eigenvalue weighted by molar-refractivity contribution is -0.118. The number of rotatable bonds is 3. The third kappa shape index (κ3) is 2.98. The van der Waals surface area contributed by atoms with Crippen LogP contribution in [-0.2, 0) is 11.2 Å². The van der Waals surface area contributed by atoms with Gasteiger partial charge in [-0.05, 0) is 31.0 Å². The Hall–Kier alpha value is -2.44. The number of aryl methyl sites for hydroxylation is 1. The highest BCUT2D eigenvalue weighted by atomic mass is 19.1. The molecule has 1 aliphatic heterocycles. The van der Waals surface area contributed by atoms with Gasteiger partial charge in [0.1, 0.15) is 5.82 Å². The number of hydrogen-bond donors (Lipinski definition) is 2. The number of aromatic nitrogens is 3. The van der Waals surface area contributed by atoms with E-state index in [2.05, 4.69) is 15.4 Å². The number of aromatic hydroxyl groups is 1. The van der Waals surface area contributed by atoms with Gasteiger partial charge in [0.15, 0.2) is 11.6 Å². The molecule has 2 atom stereocenters. The molecule has 0 aliphatic carbocycles. The topological polar surface area (TPSA) is 80.0 Å². The summed E-state index contributed by atoms with van der Waals surface area (Å²) in [6, 6.07) is 4.47. The second-order valence-corrected chi connectivity index (χ2v) is 6.54. The summed E-state index contributed by atoms with van der Waals surface area (Å²) in [6.07, 6.45) is 1.50. The van der Waals surface area contributed by atoms with Crippen LogP contribution in [0.4, 0.5) is 10.3 Å². The summed E-state index contributed by atoms with van der Waals surface area (Å²) >= 11 is 0. The highest BCUT2D eigenvalue weighted by molar-refractivity contribution is 5.90. The Morgan fingerprint density at radius 3 is 2.88 bits per heavy atom. The van der Waals surface area contributed by atoms with Gasteiger partial charge in [0.05, 0.1) is 6.04 Å². The highest BCUT2D eigenvalue weighted by Crippen LogP contribution is 2.38. The average molecular weight is 332 g/mol. The molecule has 0 fully saturated rings. The van der Waals surface area contributed by atoms with Gasteiger partial charge >= 0.3 is 0 Å². The third-order valence-corrected chi connectivity index (χ3v) is 4.51. The van der Waals surface area contributed by atoms with E-state index in [0.29, 0.717) is 12.4 Å². The summed E-state index contributed by atoms with van der Waals surface area (Å²) in [5.74, 6) is -0.0252.